The van der Waals surface area contributed by atoms with E-state index in [9.17, 15) is 13.6 Å². The average molecular weight is 337 g/mol. The maximum absolute atomic E-state index is 12.4. The summed E-state index contributed by atoms with van der Waals surface area (Å²) in [4.78, 5) is 12.8. The van der Waals surface area contributed by atoms with Crippen LogP contribution in [0.3, 0.4) is 0 Å². The van der Waals surface area contributed by atoms with Gasteiger partial charge in [-0.1, -0.05) is 23.9 Å². The lowest BCUT2D eigenvalue weighted by atomic mass is 10.1. The van der Waals surface area contributed by atoms with Crippen LogP contribution in [0.4, 0.5) is 14.5 Å². The normalized spacial score (nSPS) is 13.0. The number of hydrogen-bond acceptors (Lipinski definition) is 4. The zero-order chi connectivity index (χ0) is 16.2. The highest BCUT2D eigenvalue weighted by Crippen LogP contribution is 2.34. The highest BCUT2D eigenvalue weighted by Gasteiger charge is 2.20. The predicted octanol–water partition coefficient (Wildman–Crippen LogP) is 4.02. The number of thioether (sulfide) groups is 1. The molecule has 0 fully saturated rings. The van der Waals surface area contributed by atoms with Crippen molar-refractivity contribution in [3.63, 3.8) is 0 Å². The third kappa shape index (κ3) is 3.73. The van der Waals surface area contributed by atoms with Crippen molar-refractivity contribution in [2.24, 2.45) is 0 Å². The summed E-state index contributed by atoms with van der Waals surface area (Å²) in [5, 5.41) is 2.69. The van der Waals surface area contributed by atoms with Crippen molar-refractivity contribution in [2.45, 2.75) is 10.7 Å². The Kier molecular flexibility index (Phi) is 4.66. The van der Waals surface area contributed by atoms with Crippen LogP contribution in [0.15, 0.2) is 47.4 Å². The first kappa shape index (κ1) is 15.6. The topological polar surface area (TPSA) is 47.6 Å². The number of rotatable bonds is 4. The van der Waals surface area contributed by atoms with E-state index in [2.05, 4.69) is 5.32 Å². The summed E-state index contributed by atoms with van der Waals surface area (Å²) in [5.74, 6) is -1.97. The van der Waals surface area contributed by atoms with Gasteiger partial charge in [0.1, 0.15) is 13.2 Å². The fraction of sp³-hybridized carbons (Fsp3) is 0.188. The van der Waals surface area contributed by atoms with Crippen LogP contribution in [-0.4, -0.2) is 24.9 Å². The van der Waals surface area contributed by atoms with Gasteiger partial charge in [0, 0.05) is 10.6 Å². The molecule has 3 rings (SSSR count). The van der Waals surface area contributed by atoms with Gasteiger partial charge in [0.25, 0.3) is 11.7 Å². The molecule has 0 saturated carbocycles. The minimum absolute atomic E-state index is 0.342. The third-order valence-electron chi connectivity index (χ3n) is 3.13. The Bertz CT molecular complexity index is 724. The Morgan fingerprint density at radius 2 is 1.91 bits per heavy atom. The van der Waals surface area contributed by atoms with Crippen LogP contribution in [0.25, 0.3) is 0 Å². The first-order valence-corrected chi connectivity index (χ1v) is 7.76. The molecule has 120 valence electrons. The lowest BCUT2D eigenvalue weighted by molar-refractivity contribution is 0.101. The molecule has 0 aromatic heterocycles. The van der Waals surface area contributed by atoms with E-state index in [-0.39, 0.29) is 5.91 Å². The first-order chi connectivity index (χ1) is 11.1. The van der Waals surface area contributed by atoms with E-state index in [0.717, 1.165) is 0 Å². The number of ether oxygens (including phenoxy) is 2. The second-order valence-electron chi connectivity index (χ2n) is 4.69. The van der Waals surface area contributed by atoms with Gasteiger partial charge in [-0.2, -0.15) is 8.78 Å². The molecule has 0 unspecified atom stereocenters. The molecule has 1 amide bonds. The van der Waals surface area contributed by atoms with Gasteiger partial charge in [-0.05, 0) is 30.3 Å². The van der Waals surface area contributed by atoms with Crippen LogP contribution in [0.5, 0.6) is 11.5 Å². The fourth-order valence-electron chi connectivity index (χ4n) is 2.20. The van der Waals surface area contributed by atoms with Crippen LogP contribution in [0.1, 0.15) is 10.4 Å². The summed E-state index contributed by atoms with van der Waals surface area (Å²) in [7, 11) is 0. The van der Waals surface area contributed by atoms with E-state index in [1.807, 2.05) is 0 Å². The molecule has 2 aromatic rings. The van der Waals surface area contributed by atoms with Gasteiger partial charge in [-0.3, -0.25) is 4.79 Å². The Labute approximate surface area is 135 Å². The molecule has 2 aromatic carbocycles. The molecule has 1 heterocycles. The SMILES string of the molecule is O=C(Nc1cccc(SC(F)F)c1)c1cccc2c1OCCO2. The van der Waals surface area contributed by atoms with Crippen molar-refractivity contribution in [3.05, 3.63) is 48.0 Å². The molecule has 0 saturated heterocycles. The quantitative estimate of drug-likeness (QED) is 0.856. The number of fused-ring (bicyclic) bond motifs is 1. The third-order valence-corrected chi connectivity index (χ3v) is 3.83. The van der Waals surface area contributed by atoms with E-state index in [1.165, 1.54) is 6.07 Å². The largest absolute Gasteiger partial charge is 0.486 e. The average Bonchev–Trinajstić information content (AvgIpc) is 2.54. The zero-order valence-corrected chi connectivity index (χ0v) is 12.7. The van der Waals surface area contributed by atoms with E-state index in [4.69, 9.17) is 9.47 Å². The van der Waals surface area contributed by atoms with E-state index >= 15 is 0 Å². The van der Waals surface area contributed by atoms with Crippen LogP contribution in [-0.2, 0) is 0 Å². The van der Waals surface area contributed by atoms with Crippen molar-refractivity contribution >= 4 is 23.4 Å². The molecule has 1 aliphatic heterocycles. The lowest BCUT2D eigenvalue weighted by Gasteiger charge is -2.20. The summed E-state index contributed by atoms with van der Waals surface area (Å²) < 4.78 is 35.8. The Morgan fingerprint density at radius 1 is 1.13 bits per heavy atom. The number of carbonyl (C=O) groups is 1. The number of hydrogen-bond donors (Lipinski definition) is 1. The first-order valence-electron chi connectivity index (χ1n) is 6.88. The summed E-state index contributed by atoms with van der Waals surface area (Å²) in [6.07, 6.45) is 0. The number of alkyl halides is 2. The number of benzene rings is 2. The minimum Gasteiger partial charge on any atom is -0.486 e. The zero-order valence-electron chi connectivity index (χ0n) is 11.9. The van der Waals surface area contributed by atoms with Crippen LogP contribution < -0.4 is 14.8 Å². The number of amides is 1. The molecule has 0 spiro atoms. The van der Waals surface area contributed by atoms with Crippen molar-refractivity contribution in [1.82, 2.24) is 0 Å². The molecule has 7 heteroatoms. The van der Waals surface area contributed by atoms with Gasteiger partial charge < -0.3 is 14.8 Å². The highest BCUT2D eigenvalue weighted by atomic mass is 32.2. The molecule has 23 heavy (non-hydrogen) atoms. The molecule has 0 radical (unpaired) electrons. The van der Waals surface area contributed by atoms with Crippen LogP contribution in [0, 0.1) is 0 Å². The van der Waals surface area contributed by atoms with Gasteiger partial charge in [-0.15, -0.1) is 0 Å². The standard InChI is InChI=1S/C16H13F2NO3S/c17-16(18)23-11-4-1-3-10(9-11)19-15(20)12-5-2-6-13-14(12)22-8-7-21-13/h1-6,9,16H,7-8H2,(H,19,20). The van der Waals surface area contributed by atoms with Crippen LogP contribution >= 0.6 is 11.8 Å². The summed E-state index contributed by atoms with van der Waals surface area (Å²) in [6.45, 7) is 0.808. The molecule has 0 bridgehead atoms. The van der Waals surface area contributed by atoms with Gasteiger partial charge in [0.05, 0.1) is 5.56 Å². The van der Waals surface area contributed by atoms with Crippen molar-refractivity contribution in [3.8, 4) is 11.5 Å². The summed E-state index contributed by atoms with van der Waals surface area (Å²) >= 11 is 0.429. The fourth-order valence-corrected chi connectivity index (χ4v) is 2.76. The molecular weight excluding hydrogens is 324 g/mol. The number of para-hydroxylation sites is 1. The maximum Gasteiger partial charge on any atom is 0.288 e. The highest BCUT2D eigenvalue weighted by molar-refractivity contribution is 7.99. The molecule has 1 aliphatic rings. The number of anilines is 1. The Balaban J connectivity index is 1.80. The van der Waals surface area contributed by atoms with Crippen molar-refractivity contribution in [1.29, 1.82) is 0 Å². The van der Waals surface area contributed by atoms with E-state index < -0.39 is 5.76 Å². The van der Waals surface area contributed by atoms with Gasteiger partial charge in [0.15, 0.2) is 11.5 Å². The monoisotopic (exact) mass is 337 g/mol. The van der Waals surface area contributed by atoms with Crippen molar-refractivity contribution in [2.75, 3.05) is 18.5 Å². The maximum atomic E-state index is 12.4. The molecule has 0 aliphatic carbocycles. The van der Waals surface area contributed by atoms with Crippen LogP contribution in [0.2, 0.25) is 0 Å². The molecule has 0 atom stereocenters. The number of nitrogens with one attached hydrogen (secondary N) is 1. The predicted molar refractivity (Wildman–Crippen MR) is 83.7 cm³/mol. The van der Waals surface area contributed by atoms with Gasteiger partial charge in [-0.25, -0.2) is 0 Å². The minimum atomic E-state index is -2.51. The van der Waals surface area contributed by atoms with E-state index in [1.54, 1.807) is 36.4 Å². The number of carbonyl (C=O) groups excluding carboxylic acids is 1. The summed E-state index contributed by atoms with van der Waals surface area (Å²) in [5.41, 5.74) is 0.782. The van der Waals surface area contributed by atoms with Crippen molar-refractivity contribution < 1.29 is 23.0 Å². The van der Waals surface area contributed by atoms with E-state index in [0.29, 0.717) is 52.6 Å². The Hall–Kier alpha value is -2.28. The second kappa shape index (κ2) is 6.87. The summed E-state index contributed by atoms with van der Waals surface area (Å²) in [6, 6.07) is 11.4. The molecular formula is C16H13F2NO3S. The smallest absolute Gasteiger partial charge is 0.288 e. The second-order valence-corrected chi connectivity index (χ2v) is 5.75. The van der Waals surface area contributed by atoms with Gasteiger partial charge in [0.2, 0.25) is 0 Å². The molecule has 4 nitrogen and oxygen atoms in total. The number of halogens is 2. The molecule has 1 N–H and O–H groups in total. The lowest BCUT2D eigenvalue weighted by Crippen LogP contribution is -2.20. The Morgan fingerprint density at radius 3 is 2.74 bits per heavy atom. The van der Waals surface area contributed by atoms with Gasteiger partial charge >= 0.3 is 0 Å².